The van der Waals surface area contributed by atoms with Crippen LogP contribution in [0, 0.1) is 0 Å². The molecule has 0 aliphatic rings. The zero-order chi connectivity index (χ0) is 9.97. The fourth-order valence-corrected chi connectivity index (χ4v) is 1.95. The molecule has 0 saturated heterocycles. The maximum atomic E-state index is 11.5. The molecule has 0 bridgehead atoms. The van der Waals surface area contributed by atoms with Crippen LogP contribution in [-0.4, -0.2) is 21.7 Å². The molecule has 2 heterocycles. The van der Waals surface area contributed by atoms with Gasteiger partial charge in [-0.1, -0.05) is 6.07 Å². The average molecular weight is 208 g/mol. The molecule has 5 heteroatoms. The number of hydrogen-bond donors (Lipinski definition) is 0. The zero-order valence-corrected chi connectivity index (χ0v) is 8.57. The van der Waals surface area contributed by atoms with Gasteiger partial charge in [-0.15, -0.1) is 0 Å². The number of ether oxygens (including phenoxy) is 1. The number of carbonyl (C=O) groups is 1. The van der Waals surface area contributed by atoms with Crippen LogP contribution in [-0.2, 0) is 4.74 Å². The van der Waals surface area contributed by atoms with Crippen LogP contribution in [0.25, 0.3) is 5.65 Å². The number of aromatic nitrogens is 2. The molecule has 0 aliphatic heterocycles. The van der Waals surface area contributed by atoms with Crippen molar-refractivity contribution in [2.75, 3.05) is 6.61 Å². The molecular weight excluding hydrogens is 199 g/mol. The van der Waals surface area contributed by atoms with Gasteiger partial charge in [0.25, 0.3) is 0 Å². The van der Waals surface area contributed by atoms with Crippen LogP contribution in [0.15, 0.2) is 24.4 Å². The summed E-state index contributed by atoms with van der Waals surface area (Å²) >= 11 is 0. The highest BCUT2D eigenvalue weighted by atomic mass is 31.0. The third-order valence-corrected chi connectivity index (χ3v) is 2.66. The second-order valence-electron chi connectivity index (χ2n) is 2.67. The molecule has 0 unspecified atom stereocenters. The summed E-state index contributed by atoms with van der Waals surface area (Å²) in [4.78, 5) is 11.5. The number of pyridine rings is 1. The molecule has 72 valence electrons. The van der Waals surface area contributed by atoms with E-state index in [0.717, 1.165) is 5.65 Å². The number of carbonyl (C=O) groups excluding carboxylic acids is 1. The van der Waals surface area contributed by atoms with E-state index in [2.05, 4.69) is 4.75 Å². The van der Waals surface area contributed by atoms with Crippen molar-refractivity contribution in [1.82, 2.24) is 9.15 Å². The quantitative estimate of drug-likeness (QED) is 0.709. The van der Waals surface area contributed by atoms with E-state index in [1.165, 1.54) is 0 Å². The number of hydrogen-bond acceptors (Lipinski definition) is 3. The lowest BCUT2D eigenvalue weighted by Crippen LogP contribution is -2.06. The first kappa shape index (κ1) is 9.16. The maximum absolute atomic E-state index is 11.5. The van der Waals surface area contributed by atoms with Gasteiger partial charge in [-0.3, -0.25) is 4.40 Å². The molecule has 14 heavy (non-hydrogen) atoms. The highest BCUT2D eigenvalue weighted by Crippen LogP contribution is 2.16. The fourth-order valence-electron chi connectivity index (χ4n) is 1.18. The second kappa shape index (κ2) is 3.76. The van der Waals surface area contributed by atoms with Crippen LogP contribution in [0.2, 0.25) is 0 Å². The minimum atomic E-state index is -0.298. The Morgan fingerprint density at radius 3 is 3.29 bits per heavy atom. The van der Waals surface area contributed by atoms with Crippen LogP contribution in [0.3, 0.4) is 0 Å². The Hall–Kier alpha value is -1.41. The van der Waals surface area contributed by atoms with Crippen molar-refractivity contribution < 1.29 is 9.53 Å². The van der Waals surface area contributed by atoms with Gasteiger partial charge in [0.15, 0.2) is 5.43 Å². The topological polar surface area (TPSA) is 43.6 Å². The van der Waals surface area contributed by atoms with E-state index >= 15 is 0 Å². The van der Waals surface area contributed by atoms with Crippen LogP contribution in [0.5, 0.6) is 0 Å². The van der Waals surface area contributed by atoms with Gasteiger partial charge in [-0.2, -0.15) is 0 Å². The normalized spacial score (nSPS) is 10.9. The molecule has 0 fully saturated rings. The van der Waals surface area contributed by atoms with E-state index in [1.807, 2.05) is 24.4 Å². The number of fused-ring (bicyclic) bond motifs is 1. The summed E-state index contributed by atoms with van der Waals surface area (Å²) in [6.45, 7) is 2.18. The van der Waals surface area contributed by atoms with Crippen molar-refractivity contribution in [1.29, 1.82) is 0 Å². The molecule has 0 atom stereocenters. The van der Waals surface area contributed by atoms with E-state index in [4.69, 9.17) is 4.74 Å². The Morgan fingerprint density at radius 1 is 1.64 bits per heavy atom. The van der Waals surface area contributed by atoms with E-state index in [-0.39, 0.29) is 5.97 Å². The number of nitrogens with zero attached hydrogens (tertiary/aromatic N) is 2. The minimum Gasteiger partial charge on any atom is -0.461 e. The molecule has 0 saturated carbocycles. The predicted molar refractivity (Wildman–Crippen MR) is 53.7 cm³/mol. The monoisotopic (exact) mass is 208 g/mol. The van der Waals surface area contributed by atoms with Crippen LogP contribution < -0.4 is 0 Å². The van der Waals surface area contributed by atoms with Gasteiger partial charge in [-0.05, 0) is 19.1 Å². The summed E-state index contributed by atoms with van der Waals surface area (Å²) in [6.07, 6.45) is 1.81. The van der Waals surface area contributed by atoms with Gasteiger partial charge in [0.2, 0.25) is 0 Å². The molecule has 0 spiro atoms. The standard InChI is InChI=1S/C9H9N2O2P/c1-2-13-9(12)8-11-6-4-3-5-7(11)10-14-8/h3-6H,2H2,1H3. The van der Waals surface area contributed by atoms with E-state index < -0.39 is 0 Å². The summed E-state index contributed by atoms with van der Waals surface area (Å²) in [5, 5.41) is 0. The van der Waals surface area contributed by atoms with Crippen molar-refractivity contribution in [2.45, 2.75) is 6.92 Å². The third-order valence-electron chi connectivity index (χ3n) is 1.77. The molecule has 0 aromatic carbocycles. The minimum absolute atomic E-state index is 0.298. The largest absolute Gasteiger partial charge is 0.461 e. The SMILES string of the molecule is CCOC(=O)c1pnc2ccccn12. The summed E-state index contributed by atoms with van der Waals surface area (Å²) in [5.74, 6) is -0.298. The number of rotatable bonds is 2. The molecular formula is C9H9N2O2P. The second-order valence-corrected chi connectivity index (χ2v) is 3.50. The summed E-state index contributed by atoms with van der Waals surface area (Å²) < 4.78 is 10.8. The van der Waals surface area contributed by atoms with Gasteiger partial charge >= 0.3 is 5.97 Å². The lowest BCUT2D eigenvalue weighted by Gasteiger charge is -1.99. The smallest absolute Gasteiger partial charge is 0.361 e. The van der Waals surface area contributed by atoms with Crippen LogP contribution >= 0.6 is 8.35 Å². The van der Waals surface area contributed by atoms with Crippen molar-refractivity contribution in [3.05, 3.63) is 29.8 Å². The number of esters is 1. The fraction of sp³-hybridized carbons (Fsp3) is 0.222. The summed E-state index contributed by atoms with van der Waals surface area (Å²) in [5.41, 5.74) is 1.35. The van der Waals surface area contributed by atoms with Crippen molar-refractivity contribution >= 4 is 20.0 Å². The maximum Gasteiger partial charge on any atom is 0.361 e. The highest BCUT2D eigenvalue weighted by Gasteiger charge is 2.12. The van der Waals surface area contributed by atoms with Gasteiger partial charge in [-0.25, -0.2) is 9.54 Å². The first-order valence-electron chi connectivity index (χ1n) is 4.30. The molecule has 0 radical (unpaired) electrons. The van der Waals surface area contributed by atoms with Crippen LogP contribution in [0.1, 0.15) is 17.1 Å². The van der Waals surface area contributed by atoms with E-state index in [9.17, 15) is 4.79 Å². The Morgan fingerprint density at radius 2 is 2.50 bits per heavy atom. The third kappa shape index (κ3) is 1.49. The molecule has 0 aliphatic carbocycles. The highest BCUT2D eigenvalue weighted by molar-refractivity contribution is 7.28. The molecule has 0 amide bonds. The van der Waals surface area contributed by atoms with Crippen molar-refractivity contribution in [3.63, 3.8) is 0 Å². The summed E-state index contributed by atoms with van der Waals surface area (Å²) in [6, 6.07) is 5.61. The summed E-state index contributed by atoms with van der Waals surface area (Å²) in [7, 11) is 0.654. The zero-order valence-electron chi connectivity index (χ0n) is 7.67. The van der Waals surface area contributed by atoms with Gasteiger partial charge in [0, 0.05) is 6.20 Å². The van der Waals surface area contributed by atoms with E-state index in [0.29, 0.717) is 20.4 Å². The Balaban J connectivity index is 2.47. The van der Waals surface area contributed by atoms with Crippen molar-refractivity contribution in [3.8, 4) is 0 Å². The molecule has 2 rings (SSSR count). The Bertz CT molecular complexity index is 467. The first-order valence-corrected chi connectivity index (χ1v) is 5.14. The van der Waals surface area contributed by atoms with Crippen LogP contribution in [0.4, 0.5) is 0 Å². The Labute approximate surface area is 82.7 Å². The van der Waals surface area contributed by atoms with Gasteiger partial charge < -0.3 is 4.74 Å². The molecule has 4 nitrogen and oxygen atoms in total. The first-order chi connectivity index (χ1) is 6.83. The predicted octanol–water partition coefficient (Wildman–Crippen LogP) is 2.09. The lowest BCUT2D eigenvalue weighted by atomic mass is 10.5. The molecule has 2 aromatic rings. The molecule has 2 aromatic heterocycles. The Kier molecular flexibility index (Phi) is 2.46. The lowest BCUT2D eigenvalue weighted by molar-refractivity contribution is 0.0524. The van der Waals surface area contributed by atoms with E-state index in [1.54, 1.807) is 11.3 Å². The van der Waals surface area contributed by atoms with Gasteiger partial charge in [0.05, 0.1) is 15.0 Å². The molecule has 0 N–H and O–H groups in total. The average Bonchev–Trinajstić information content (AvgIpc) is 2.61. The van der Waals surface area contributed by atoms with Crippen molar-refractivity contribution in [2.24, 2.45) is 0 Å². The van der Waals surface area contributed by atoms with Gasteiger partial charge in [0.1, 0.15) is 5.65 Å².